The fourth-order valence-electron chi connectivity index (χ4n) is 5.04. The van der Waals surface area contributed by atoms with Crippen LogP contribution in [0.4, 0.5) is 0 Å². The van der Waals surface area contributed by atoms with Gasteiger partial charge >= 0.3 is 0 Å². The first-order valence-corrected chi connectivity index (χ1v) is 9.98. The largest absolute Gasteiger partial charge is 0.392 e. The van der Waals surface area contributed by atoms with Gasteiger partial charge in [0.2, 0.25) is 5.91 Å². The van der Waals surface area contributed by atoms with Crippen LogP contribution >= 0.6 is 0 Å². The fourth-order valence-corrected chi connectivity index (χ4v) is 5.04. The van der Waals surface area contributed by atoms with Crippen molar-refractivity contribution >= 4 is 5.91 Å². The number of amides is 1. The summed E-state index contributed by atoms with van der Waals surface area (Å²) in [7, 11) is 0. The molecule has 1 aliphatic carbocycles. The Morgan fingerprint density at radius 1 is 1.12 bits per heavy atom. The number of piperidine rings is 1. The van der Waals surface area contributed by atoms with Crippen LogP contribution in [0.25, 0.3) is 0 Å². The fraction of sp³-hybridized carbons (Fsp3) is 0.947. The molecule has 0 radical (unpaired) electrons. The number of hydrogen-bond acceptors (Lipinski definition) is 4. The smallest absolute Gasteiger partial charge is 0.237 e. The molecule has 1 amide bonds. The summed E-state index contributed by atoms with van der Waals surface area (Å²) in [5.41, 5.74) is 0. The van der Waals surface area contributed by atoms with E-state index in [2.05, 4.69) is 21.6 Å². The van der Waals surface area contributed by atoms with Crippen LogP contribution in [0.2, 0.25) is 0 Å². The van der Waals surface area contributed by atoms with Gasteiger partial charge in [-0.2, -0.15) is 0 Å². The predicted molar refractivity (Wildman–Crippen MR) is 95.8 cm³/mol. The van der Waals surface area contributed by atoms with Gasteiger partial charge < -0.3 is 10.0 Å². The monoisotopic (exact) mass is 337 g/mol. The Hall–Kier alpha value is -0.650. The van der Waals surface area contributed by atoms with Gasteiger partial charge in [-0.25, -0.2) is 0 Å². The van der Waals surface area contributed by atoms with Crippen molar-refractivity contribution in [2.75, 3.05) is 39.3 Å². The van der Waals surface area contributed by atoms with Gasteiger partial charge in [0, 0.05) is 44.8 Å². The topological polar surface area (TPSA) is 47.0 Å². The van der Waals surface area contributed by atoms with E-state index in [1.165, 1.54) is 38.5 Å². The highest BCUT2D eigenvalue weighted by Crippen LogP contribution is 2.35. The van der Waals surface area contributed by atoms with E-state index in [0.29, 0.717) is 24.5 Å². The molecule has 5 nitrogen and oxygen atoms in total. The number of hydrogen-bond donors (Lipinski definition) is 1. The van der Waals surface area contributed by atoms with Gasteiger partial charge in [-0.05, 0) is 45.4 Å². The maximum atomic E-state index is 12.9. The van der Waals surface area contributed by atoms with Crippen LogP contribution in [-0.4, -0.2) is 83.2 Å². The number of rotatable bonds is 4. The molecule has 1 N–H and O–H groups in total. The van der Waals surface area contributed by atoms with Gasteiger partial charge in [0.1, 0.15) is 0 Å². The van der Waals surface area contributed by atoms with Crippen molar-refractivity contribution < 1.29 is 9.90 Å². The molecule has 4 atom stereocenters. The van der Waals surface area contributed by atoms with Gasteiger partial charge in [-0.3, -0.25) is 14.6 Å². The molecular weight excluding hydrogens is 302 g/mol. The van der Waals surface area contributed by atoms with E-state index < -0.39 is 0 Å². The molecule has 3 rings (SSSR count). The van der Waals surface area contributed by atoms with Crippen LogP contribution in [0.1, 0.15) is 52.4 Å². The van der Waals surface area contributed by atoms with Crippen LogP contribution in [0.3, 0.4) is 0 Å². The van der Waals surface area contributed by atoms with E-state index in [-0.39, 0.29) is 6.10 Å². The average Bonchev–Trinajstić information content (AvgIpc) is 2.56. The molecule has 3 fully saturated rings. The van der Waals surface area contributed by atoms with E-state index in [0.717, 1.165) is 38.6 Å². The standard InChI is InChI=1S/C19H35N3O2/c1-15-12-20(10-11-21(15)13-16(2)23)14-19(24)22-9-5-7-17-6-3-4-8-18(17)22/h15-18,23H,3-14H2,1-2H3/t15-,16+,17+,18+/m1/s1. The van der Waals surface area contributed by atoms with E-state index in [1.54, 1.807) is 0 Å². The lowest BCUT2D eigenvalue weighted by Crippen LogP contribution is -2.57. The molecule has 3 aliphatic rings. The first-order valence-electron chi connectivity index (χ1n) is 9.98. The minimum Gasteiger partial charge on any atom is -0.392 e. The number of carbonyl (C=O) groups excluding carboxylic acids is 1. The highest BCUT2D eigenvalue weighted by atomic mass is 16.3. The second kappa shape index (κ2) is 8.15. The first kappa shape index (κ1) is 18.2. The normalized spacial score (nSPS) is 34.0. The molecule has 2 aliphatic heterocycles. The van der Waals surface area contributed by atoms with Gasteiger partial charge in [-0.15, -0.1) is 0 Å². The summed E-state index contributed by atoms with van der Waals surface area (Å²) in [5, 5.41) is 9.60. The van der Waals surface area contributed by atoms with Gasteiger partial charge in [0.25, 0.3) is 0 Å². The molecule has 2 heterocycles. The summed E-state index contributed by atoms with van der Waals surface area (Å²) in [6.45, 7) is 9.15. The molecule has 24 heavy (non-hydrogen) atoms. The minimum absolute atomic E-state index is 0.280. The molecular formula is C19H35N3O2. The number of fused-ring (bicyclic) bond motifs is 1. The molecule has 0 aromatic rings. The number of nitrogens with zero attached hydrogens (tertiary/aromatic N) is 3. The summed E-state index contributed by atoms with van der Waals surface area (Å²) < 4.78 is 0. The quantitative estimate of drug-likeness (QED) is 0.846. The second-order valence-electron chi connectivity index (χ2n) is 8.27. The summed E-state index contributed by atoms with van der Waals surface area (Å²) >= 11 is 0. The van der Waals surface area contributed by atoms with Crippen LogP contribution < -0.4 is 0 Å². The lowest BCUT2D eigenvalue weighted by molar-refractivity contribution is -0.139. The average molecular weight is 338 g/mol. The van der Waals surface area contributed by atoms with Crippen LogP contribution in [0.15, 0.2) is 0 Å². The zero-order chi connectivity index (χ0) is 17.1. The summed E-state index contributed by atoms with van der Waals surface area (Å²) in [6, 6.07) is 0.930. The molecule has 5 heteroatoms. The third-order valence-electron chi connectivity index (χ3n) is 6.27. The van der Waals surface area contributed by atoms with Crippen molar-refractivity contribution in [2.24, 2.45) is 5.92 Å². The number of β-amino-alcohol motifs (C(OH)–C–C–N with tert-alkyl or cyclic N) is 1. The Kier molecular flexibility index (Phi) is 6.17. The maximum absolute atomic E-state index is 12.9. The van der Waals surface area contributed by atoms with Crippen molar-refractivity contribution in [3.8, 4) is 0 Å². The highest BCUT2D eigenvalue weighted by molar-refractivity contribution is 5.78. The third kappa shape index (κ3) is 4.30. The molecule has 0 spiro atoms. The van der Waals surface area contributed by atoms with Crippen LogP contribution in [-0.2, 0) is 4.79 Å². The Morgan fingerprint density at radius 3 is 2.62 bits per heavy atom. The number of aliphatic hydroxyl groups is 1. The first-order chi connectivity index (χ1) is 11.5. The van der Waals surface area contributed by atoms with Crippen molar-refractivity contribution in [2.45, 2.75) is 70.6 Å². The Bertz CT molecular complexity index is 427. The zero-order valence-corrected chi connectivity index (χ0v) is 15.5. The molecule has 0 aromatic heterocycles. The Balaban J connectivity index is 1.51. The lowest BCUT2D eigenvalue weighted by atomic mass is 9.78. The Labute approximate surface area is 147 Å². The summed E-state index contributed by atoms with van der Waals surface area (Å²) in [6.07, 6.45) is 7.41. The van der Waals surface area contributed by atoms with Crippen LogP contribution in [0, 0.1) is 5.92 Å². The van der Waals surface area contributed by atoms with Crippen molar-refractivity contribution in [3.63, 3.8) is 0 Å². The molecule has 2 saturated heterocycles. The second-order valence-corrected chi connectivity index (χ2v) is 8.27. The van der Waals surface area contributed by atoms with Gasteiger partial charge in [0.05, 0.1) is 12.6 Å². The molecule has 0 aromatic carbocycles. The SMILES string of the molecule is C[C@H](O)CN1CCN(CC(=O)N2CCC[C@@H]3CCCC[C@@H]32)C[C@H]1C. The minimum atomic E-state index is -0.280. The van der Waals surface area contributed by atoms with Crippen molar-refractivity contribution in [3.05, 3.63) is 0 Å². The van der Waals surface area contributed by atoms with Crippen molar-refractivity contribution in [1.29, 1.82) is 0 Å². The van der Waals surface area contributed by atoms with E-state index in [9.17, 15) is 9.90 Å². The Morgan fingerprint density at radius 2 is 1.88 bits per heavy atom. The number of aliphatic hydroxyl groups excluding tert-OH is 1. The van der Waals surface area contributed by atoms with Gasteiger partial charge in [-0.1, -0.05) is 12.8 Å². The molecule has 0 unspecified atom stereocenters. The number of carbonyl (C=O) groups is 1. The highest BCUT2D eigenvalue weighted by Gasteiger charge is 2.36. The van der Waals surface area contributed by atoms with E-state index in [1.807, 2.05) is 6.92 Å². The predicted octanol–water partition coefficient (Wildman–Crippen LogP) is 1.55. The molecule has 0 bridgehead atoms. The van der Waals surface area contributed by atoms with Crippen molar-refractivity contribution in [1.82, 2.24) is 14.7 Å². The summed E-state index contributed by atoms with van der Waals surface area (Å²) in [5.74, 6) is 1.11. The maximum Gasteiger partial charge on any atom is 0.237 e. The zero-order valence-electron chi connectivity index (χ0n) is 15.5. The number of likely N-dealkylation sites (tertiary alicyclic amines) is 1. The number of piperazine rings is 1. The summed E-state index contributed by atoms with van der Waals surface area (Å²) in [4.78, 5) is 19.8. The molecule has 138 valence electrons. The van der Waals surface area contributed by atoms with Crippen LogP contribution in [0.5, 0.6) is 0 Å². The van der Waals surface area contributed by atoms with E-state index >= 15 is 0 Å². The molecule has 1 saturated carbocycles. The van der Waals surface area contributed by atoms with E-state index in [4.69, 9.17) is 0 Å². The lowest BCUT2D eigenvalue weighted by Gasteiger charge is -2.45. The third-order valence-corrected chi connectivity index (χ3v) is 6.27. The van der Waals surface area contributed by atoms with Gasteiger partial charge in [0.15, 0.2) is 0 Å².